The highest BCUT2D eigenvalue weighted by Crippen LogP contribution is 2.44. The highest BCUT2D eigenvalue weighted by Gasteiger charge is 2.47. The molecule has 1 saturated heterocycles. The summed E-state index contributed by atoms with van der Waals surface area (Å²) in [6, 6.07) is 7.15. The van der Waals surface area contributed by atoms with Gasteiger partial charge in [0.2, 0.25) is 5.91 Å². The predicted octanol–water partition coefficient (Wildman–Crippen LogP) is 4.44. The number of benzene rings is 1. The molecule has 1 fully saturated rings. The normalized spacial score (nSPS) is 22.6. The van der Waals surface area contributed by atoms with E-state index in [9.17, 15) is 9.59 Å². The molecule has 2 heterocycles. The van der Waals surface area contributed by atoms with E-state index >= 15 is 0 Å². The monoisotopic (exact) mass is 436 g/mol. The van der Waals surface area contributed by atoms with E-state index in [1.54, 1.807) is 11.8 Å². The second kappa shape index (κ2) is 7.56. The maximum atomic E-state index is 13.0. The van der Waals surface area contributed by atoms with E-state index in [1.807, 2.05) is 45.0 Å². The summed E-state index contributed by atoms with van der Waals surface area (Å²) in [7, 11) is 0. The van der Waals surface area contributed by atoms with E-state index in [2.05, 4.69) is 20.9 Å². The summed E-state index contributed by atoms with van der Waals surface area (Å²) in [6.07, 6.45) is 0.475. The molecule has 1 amide bonds. The SMILES string of the molecule is CCC1SC2=NC(C)=C(C(=O)OC(C)C)C(c3ccc(Br)cc3)N2C1=O. The van der Waals surface area contributed by atoms with Gasteiger partial charge in [0.05, 0.1) is 28.7 Å². The molecular formula is C19H21BrN2O3S. The fraction of sp³-hybridized carbons (Fsp3) is 0.421. The first-order valence-corrected chi connectivity index (χ1v) is 10.3. The van der Waals surface area contributed by atoms with Gasteiger partial charge in [-0.1, -0.05) is 46.7 Å². The molecule has 0 radical (unpaired) electrons. The van der Waals surface area contributed by atoms with Crippen LogP contribution in [0.2, 0.25) is 0 Å². The van der Waals surface area contributed by atoms with Gasteiger partial charge in [-0.3, -0.25) is 9.69 Å². The molecule has 0 aromatic heterocycles. The van der Waals surface area contributed by atoms with Gasteiger partial charge in [0.25, 0.3) is 0 Å². The van der Waals surface area contributed by atoms with Gasteiger partial charge in [-0.25, -0.2) is 9.79 Å². The van der Waals surface area contributed by atoms with Crippen LogP contribution in [0.25, 0.3) is 0 Å². The number of nitrogens with zero attached hydrogens (tertiary/aromatic N) is 2. The first kappa shape index (κ1) is 19.2. The average Bonchev–Trinajstić information content (AvgIpc) is 2.89. The number of hydrogen-bond donors (Lipinski definition) is 0. The Morgan fingerprint density at radius 1 is 1.35 bits per heavy atom. The smallest absolute Gasteiger partial charge is 0.338 e. The number of halogens is 1. The van der Waals surface area contributed by atoms with E-state index in [-0.39, 0.29) is 17.3 Å². The molecule has 0 N–H and O–H groups in total. The van der Waals surface area contributed by atoms with E-state index < -0.39 is 12.0 Å². The van der Waals surface area contributed by atoms with Crippen molar-refractivity contribution in [3.63, 3.8) is 0 Å². The molecule has 2 atom stereocenters. The van der Waals surface area contributed by atoms with Crippen LogP contribution in [0, 0.1) is 0 Å². The number of fused-ring (bicyclic) bond motifs is 1. The molecule has 1 aromatic rings. The van der Waals surface area contributed by atoms with Gasteiger partial charge in [-0.15, -0.1) is 0 Å². The molecule has 138 valence electrons. The van der Waals surface area contributed by atoms with Gasteiger partial charge in [0.15, 0.2) is 5.17 Å². The summed E-state index contributed by atoms with van der Waals surface area (Å²) in [5, 5.41) is 0.494. The Balaban J connectivity index is 2.12. The minimum Gasteiger partial charge on any atom is -0.459 e. The van der Waals surface area contributed by atoms with E-state index in [0.29, 0.717) is 16.4 Å². The van der Waals surface area contributed by atoms with E-state index in [0.717, 1.165) is 16.5 Å². The third-order valence-electron chi connectivity index (χ3n) is 4.27. The summed E-state index contributed by atoms with van der Waals surface area (Å²) in [4.78, 5) is 32.0. The van der Waals surface area contributed by atoms with E-state index in [1.165, 1.54) is 11.8 Å². The van der Waals surface area contributed by atoms with Gasteiger partial charge in [0.1, 0.15) is 0 Å². The molecule has 0 bridgehead atoms. The van der Waals surface area contributed by atoms with Crippen LogP contribution in [-0.4, -0.2) is 33.3 Å². The van der Waals surface area contributed by atoms with Gasteiger partial charge in [0, 0.05) is 4.47 Å². The van der Waals surface area contributed by atoms with Crippen molar-refractivity contribution in [3.8, 4) is 0 Å². The van der Waals surface area contributed by atoms with Crippen molar-refractivity contribution in [2.24, 2.45) is 4.99 Å². The Bertz CT molecular complexity index is 802. The van der Waals surface area contributed by atoms with Crippen LogP contribution in [0.3, 0.4) is 0 Å². The molecule has 1 aromatic carbocycles. The van der Waals surface area contributed by atoms with Crippen molar-refractivity contribution < 1.29 is 14.3 Å². The van der Waals surface area contributed by atoms with Crippen molar-refractivity contribution in [3.05, 3.63) is 45.6 Å². The van der Waals surface area contributed by atoms with Crippen molar-refractivity contribution in [1.82, 2.24) is 4.90 Å². The maximum Gasteiger partial charge on any atom is 0.338 e. The number of rotatable bonds is 4. The lowest BCUT2D eigenvalue weighted by Crippen LogP contribution is -2.41. The number of carbonyl (C=O) groups excluding carboxylic acids is 2. The number of aliphatic imine (C=N–C) groups is 1. The summed E-state index contributed by atoms with van der Waals surface area (Å²) in [5.74, 6) is -0.433. The molecule has 0 spiro atoms. The number of allylic oxidation sites excluding steroid dienone is 1. The zero-order valence-electron chi connectivity index (χ0n) is 15.2. The van der Waals surface area contributed by atoms with Crippen molar-refractivity contribution >= 4 is 44.7 Å². The molecule has 7 heteroatoms. The zero-order chi connectivity index (χ0) is 19.0. The number of carbonyl (C=O) groups is 2. The second-order valence-corrected chi connectivity index (χ2v) is 8.61. The Hall–Kier alpha value is -1.60. The molecule has 2 aliphatic heterocycles. The van der Waals surface area contributed by atoms with Crippen LogP contribution in [0.4, 0.5) is 0 Å². The van der Waals surface area contributed by atoms with Crippen LogP contribution in [-0.2, 0) is 14.3 Å². The number of hydrogen-bond acceptors (Lipinski definition) is 5. The highest BCUT2D eigenvalue weighted by atomic mass is 79.9. The van der Waals surface area contributed by atoms with Gasteiger partial charge < -0.3 is 4.74 Å². The second-order valence-electron chi connectivity index (χ2n) is 6.52. The molecular weight excluding hydrogens is 416 g/mol. The lowest BCUT2D eigenvalue weighted by Gasteiger charge is -2.33. The molecule has 0 aliphatic carbocycles. The van der Waals surface area contributed by atoms with Crippen molar-refractivity contribution in [1.29, 1.82) is 0 Å². The van der Waals surface area contributed by atoms with Crippen LogP contribution in [0.5, 0.6) is 0 Å². The highest BCUT2D eigenvalue weighted by molar-refractivity contribution is 9.10. The first-order valence-electron chi connectivity index (χ1n) is 8.59. The van der Waals surface area contributed by atoms with Gasteiger partial charge in [-0.2, -0.15) is 0 Å². The van der Waals surface area contributed by atoms with Crippen molar-refractivity contribution in [2.75, 3.05) is 0 Å². The standard InChI is InChI=1S/C19H21BrN2O3S/c1-5-14-17(23)22-16(12-6-8-13(20)9-7-12)15(18(24)25-10(2)3)11(4)21-19(22)26-14/h6-10,14,16H,5H2,1-4H3. The van der Waals surface area contributed by atoms with E-state index in [4.69, 9.17) is 4.74 Å². The fourth-order valence-electron chi connectivity index (χ4n) is 3.09. The summed E-state index contributed by atoms with van der Waals surface area (Å²) < 4.78 is 6.39. The third kappa shape index (κ3) is 3.47. The van der Waals surface area contributed by atoms with Crippen LogP contribution < -0.4 is 0 Å². The summed E-state index contributed by atoms with van der Waals surface area (Å²) in [6.45, 7) is 7.41. The first-order chi connectivity index (χ1) is 12.3. The lowest BCUT2D eigenvalue weighted by atomic mass is 9.94. The summed E-state index contributed by atoms with van der Waals surface area (Å²) in [5.41, 5.74) is 1.89. The Morgan fingerprint density at radius 3 is 2.58 bits per heavy atom. The number of thioether (sulfide) groups is 1. The predicted molar refractivity (Wildman–Crippen MR) is 107 cm³/mol. The maximum absolute atomic E-state index is 13.0. The van der Waals surface area contributed by atoms with Gasteiger partial charge in [-0.05, 0) is 44.9 Å². The quantitative estimate of drug-likeness (QED) is 0.654. The fourth-order valence-corrected chi connectivity index (χ4v) is 4.49. The van der Waals surface area contributed by atoms with Crippen LogP contribution >= 0.6 is 27.7 Å². The average molecular weight is 437 g/mol. The molecule has 0 saturated carbocycles. The van der Waals surface area contributed by atoms with Crippen LogP contribution in [0.15, 0.2) is 45.0 Å². The number of amides is 1. The number of amidine groups is 1. The minimum absolute atomic E-state index is 0.00786. The largest absolute Gasteiger partial charge is 0.459 e. The lowest BCUT2D eigenvalue weighted by molar-refractivity contribution is -0.143. The molecule has 5 nitrogen and oxygen atoms in total. The number of esters is 1. The molecule has 3 rings (SSSR count). The summed E-state index contributed by atoms with van der Waals surface area (Å²) >= 11 is 4.90. The zero-order valence-corrected chi connectivity index (χ0v) is 17.6. The number of ether oxygens (including phenoxy) is 1. The Kier molecular flexibility index (Phi) is 5.58. The topological polar surface area (TPSA) is 59.0 Å². The molecule has 2 unspecified atom stereocenters. The molecule has 26 heavy (non-hydrogen) atoms. The van der Waals surface area contributed by atoms with Gasteiger partial charge >= 0.3 is 5.97 Å². The molecule has 2 aliphatic rings. The Morgan fingerprint density at radius 2 is 2.00 bits per heavy atom. The van der Waals surface area contributed by atoms with Crippen molar-refractivity contribution in [2.45, 2.75) is 51.5 Å². The minimum atomic E-state index is -0.515. The Labute approximate surface area is 166 Å². The third-order valence-corrected chi connectivity index (χ3v) is 6.12. The van der Waals surface area contributed by atoms with Crippen LogP contribution in [0.1, 0.15) is 45.7 Å².